The summed E-state index contributed by atoms with van der Waals surface area (Å²) in [6.07, 6.45) is 0. The average Bonchev–Trinajstić information content (AvgIpc) is 2.57. The van der Waals surface area contributed by atoms with Gasteiger partial charge in [0, 0.05) is 5.69 Å². The van der Waals surface area contributed by atoms with Crippen LogP contribution in [0.4, 0.5) is 0 Å². The zero-order valence-corrected chi connectivity index (χ0v) is 10.8. The van der Waals surface area contributed by atoms with E-state index in [1.807, 2.05) is 43.7 Å². The lowest BCUT2D eigenvalue weighted by Gasteiger charge is -2.10. The van der Waals surface area contributed by atoms with Crippen LogP contribution < -0.4 is 4.52 Å². The van der Waals surface area contributed by atoms with Crippen molar-refractivity contribution in [2.45, 2.75) is 20.8 Å². The van der Waals surface area contributed by atoms with Gasteiger partial charge in [-0.2, -0.15) is 5.10 Å². The fourth-order valence-corrected chi connectivity index (χ4v) is 1.95. The first-order chi connectivity index (χ1) is 7.61. The molecule has 0 bridgehead atoms. The molecule has 1 unspecified atom stereocenters. The summed E-state index contributed by atoms with van der Waals surface area (Å²) in [6, 6.07) is 8.12. The molecule has 0 N–H and O–H groups in total. The van der Waals surface area contributed by atoms with E-state index in [9.17, 15) is 0 Å². The van der Waals surface area contributed by atoms with Crippen LogP contribution in [0, 0.1) is 20.8 Å². The molecule has 3 nitrogen and oxygen atoms in total. The van der Waals surface area contributed by atoms with Gasteiger partial charge in [-0.25, -0.2) is 4.68 Å². The topological polar surface area (TPSA) is 27.1 Å². The molecule has 16 heavy (non-hydrogen) atoms. The van der Waals surface area contributed by atoms with Gasteiger partial charge in [-0.1, -0.05) is 6.07 Å². The molecule has 0 spiro atoms. The van der Waals surface area contributed by atoms with E-state index in [1.165, 1.54) is 5.56 Å². The Labute approximate surface area is 97.7 Å². The molecule has 0 amide bonds. The molecule has 2 rings (SSSR count). The number of rotatable bonds is 2. The molecule has 0 aliphatic carbocycles. The minimum absolute atomic E-state index is 0.816. The van der Waals surface area contributed by atoms with Crippen LogP contribution in [0.1, 0.15) is 17.0 Å². The Morgan fingerprint density at radius 3 is 2.50 bits per heavy atom. The molecular weight excluding hydrogens is 219 g/mol. The van der Waals surface area contributed by atoms with Gasteiger partial charge >= 0.3 is 0 Å². The SMILES string of the molecule is Cc1ccc(-n2nc(C)cc2C)c(OP)c1. The van der Waals surface area contributed by atoms with Crippen molar-refractivity contribution in [1.29, 1.82) is 0 Å². The Balaban J connectivity index is 2.59. The van der Waals surface area contributed by atoms with Gasteiger partial charge in [-0.05, 0) is 44.5 Å². The number of hydrogen-bond acceptors (Lipinski definition) is 2. The van der Waals surface area contributed by atoms with Gasteiger partial charge in [0.1, 0.15) is 11.4 Å². The summed E-state index contributed by atoms with van der Waals surface area (Å²) >= 11 is 0. The highest BCUT2D eigenvalue weighted by atomic mass is 31.0. The van der Waals surface area contributed by atoms with Crippen LogP contribution in [0.3, 0.4) is 0 Å². The highest BCUT2D eigenvalue weighted by Gasteiger charge is 2.09. The van der Waals surface area contributed by atoms with Gasteiger partial charge in [0.05, 0.1) is 15.2 Å². The fourth-order valence-electron chi connectivity index (χ4n) is 1.76. The summed E-state index contributed by atoms with van der Waals surface area (Å²) < 4.78 is 7.20. The van der Waals surface area contributed by atoms with E-state index in [1.54, 1.807) is 0 Å². The lowest BCUT2D eigenvalue weighted by atomic mass is 10.2. The Morgan fingerprint density at radius 1 is 1.19 bits per heavy atom. The van der Waals surface area contributed by atoms with E-state index >= 15 is 0 Å². The Bertz CT molecular complexity index is 520. The predicted octanol–water partition coefficient (Wildman–Crippen LogP) is 2.97. The molecule has 0 aliphatic heterocycles. The number of aromatic nitrogens is 2. The van der Waals surface area contributed by atoms with Crippen LogP contribution in [0.2, 0.25) is 0 Å². The van der Waals surface area contributed by atoms with Crippen molar-refractivity contribution in [2.24, 2.45) is 0 Å². The zero-order valence-electron chi connectivity index (χ0n) is 9.69. The zero-order chi connectivity index (χ0) is 11.7. The van der Waals surface area contributed by atoms with Crippen molar-refractivity contribution < 1.29 is 4.52 Å². The molecule has 1 aromatic heterocycles. The van der Waals surface area contributed by atoms with Gasteiger partial charge < -0.3 is 4.52 Å². The molecule has 0 radical (unpaired) electrons. The molecule has 2 aromatic rings. The Kier molecular flexibility index (Phi) is 2.97. The quantitative estimate of drug-likeness (QED) is 0.747. The number of hydrogen-bond donors (Lipinski definition) is 0. The summed E-state index contributed by atoms with van der Waals surface area (Å²) in [5.41, 5.74) is 4.24. The number of aryl methyl sites for hydroxylation is 3. The van der Waals surface area contributed by atoms with Gasteiger partial charge in [0.2, 0.25) is 0 Å². The Hall–Kier alpha value is -1.34. The van der Waals surface area contributed by atoms with E-state index in [0.717, 1.165) is 22.8 Å². The van der Waals surface area contributed by atoms with Crippen molar-refractivity contribution in [1.82, 2.24) is 9.78 Å². The normalized spacial score (nSPS) is 10.5. The van der Waals surface area contributed by atoms with E-state index in [-0.39, 0.29) is 0 Å². The fraction of sp³-hybridized carbons (Fsp3) is 0.250. The van der Waals surface area contributed by atoms with E-state index in [0.29, 0.717) is 0 Å². The molecule has 0 aliphatic rings. The molecule has 0 fully saturated rings. The molecular formula is C12H15N2OP. The first kappa shape index (κ1) is 11.2. The Morgan fingerprint density at radius 2 is 1.94 bits per heavy atom. The molecule has 1 atom stereocenters. The minimum Gasteiger partial charge on any atom is -0.478 e. The second-order valence-electron chi connectivity index (χ2n) is 3.93. The summed E-state index contributed by atoms with van der Waals surface area (Å²) in [5.74, 6) is 0.816. The van der Waals surface area contributed by atoms with Crippen molar-refractivity contribution in [3.8, 4) is 11.4 Å². The molecule has 1 heterocycles. The molecule has 0 saturated carbocycles. The smallest absolute Gasteiger partial charge is 0.148 e. The first-order valence-electron chi connectivity index (χ1n) is 5.13. The molecule has 1 aromatic carbocycles. The highest BCUT2D eigenvalue weighted by Crippen LogP contribution is 2.26. The number of nitrogens with zero attached hydrogens (tertiary/aromatic N) is 2. The van der Waals surface area contributed by atoms with Gasteiger partial charge in [-0.15, -0.1) is 0 Å². The van der Waals surface area contributed by atoms with Gasteiger partial charge in [0.15, 0.2) is 0 Å². The minimum atomic E-state index is 0.816. The third kappa shape index (κ3) is 1.96. The van der Waals surface area contributed by atoms with Gasteiger partial charge in [-0.3, -0.25) is 0 Å². The largest absolute Gasteiger partial charge is 0.478 e. The van der Waals surface area contributed by atoms with Crippen molar-refractivity contribution in [3.63, 3.8) is 0 Å². The van der Waals surface area contributed by atoms with Crippen molar-refractivity contribution >= 4 is 9.47 Å². The lowest BCUT2D eigenvalue weighted by Crippen LogP contribution is -2.00. The maximum atomic E-state index is 5.30. The monoisotopic (exact) mass is 234 g/mol. The molecule has 0 saturated heterocycles. The molecule has 84 valence electrons. The highest BCUT2D eigenvalue weighted by molar-refractivity contribution is 7.10. The average molecular weight is 234 g/mol. The van der Waals surface area contributed by atoms with Crippen LogP contribution in [0.5, 0.6) is 5.75 Å². The van der Waals surface area contributed by atoms with Crippen LogP contribution in [-0.2, 0) is 0 Å². The molecule has 4 heteroatoms. The van der Waals surface area contributed by atoms with E-state index in [4.69, 9.17) is 4.52 Å². The summed E-state index contributed by atoms with van der Waals surface area (Å²) in [4.78, 5) is 0. The summed E-state index contributed by atoms with van der Waals surface area (Å²) in [5, 5.41) is 4.45. The number of benzene rings is 1. The van der Waals surface area contributed by atoms with E-state index in [2.05, 4.69) is 20.6 Å². The summed E-state index contributed by atoms with van der Waals surface area (Å²) in [6.45, 7) is 6.06. The third-order valence-electron chi connectivity index (χ3n) is 2.48. The standard InChI is InChI=1S/C12H15N2OP/c1-8-4-5-11(12(6-8)15-16)14-10(3)7-9(2)13-14/h4-7H,16H2,1-3H3. The van der Waals surface area contributed by atoms with Crippen molar-refractivity contribution in [2.75, 3.05) is 0 Å². The third-order valence-corrected chi connectivity index (χ3v) is 2.73. The van der Waals surface area contributed by atoms with Gasteiger partial charge in [0.25, 0.3) is 0 Å². The second kappa shape index (κ2) is 4.26. The lowest BCUT2D eigenvalue weighted by molar-refractivity contribution is 0.630. The van der Waals surface area contributed by atoms with Crippen LogP contribution >= 0.6 is 9.47 Å². The second-order valence-corrected chi connectivity index (χ2v) is 4.16. The van der Waals surface area contributed by atoms with Crippen LogP contribution in [0.25, 0.3) is 5.69 Å². The predicted molar refractivity (Wildman–Crippen MR) is 68.1 cm³/mol. The van der Waals surface area contributed by atoms with E-state index < -0.39 is 0 Å². The van der Waals surface area contributed by atoms with Crippen LogP contribution in [0.15, 0.2) is 24.3 Å². The maximum Gasteiger partial charge on any atom is 0.148 e. The summed E-state index contributed by atoms with van der Waals surface area (Å²) in [7, 11) is 2.28. The van der Waals surface area contributed by atoms with Crippen molar-refractivity contribution in [3.05, 3.63) is 41.2 Å². The van der Waals surface area contributed by atoms with Crippen LogP contribution in [-0.4, -0.2) is 9.78 Å². The first-order valence-corrected chi connectivity index (χ1v) is 5.60. The maximum absolute atomic E-state index is 5.30.